The lowest BCUT2D eigenvalue weighted by Crippen LogP contribution is -2.27. The van der Waals surface area contributed by atoms with Gasteiger partial charge in [0.2, 0.25) is 11.7 Å². The van der Waals surface area contributed by atoms with Gasteiger partial charge in [0.05, 0.1) is 0 Å². The number of aromatic amines is 1. The van der Waals surface area contributed by atoms with Crippen molar-refractivity contribution in [3.63, 3.8) is 0 Å². The van der Waals surface area contributed by atoms with Crippen molar-refractivity contribution in [1.82, 2.24) is 45.1 Å². The average molecular weight is 408 g/mol. The first-order chi connectivity index (χ1) is 13.6. The van der Waals surface area contributed by atoms with Crippen LogP contribution in [-0.4, -0.2) is 45.1 Å². The predicted molar refractivity (Wildman–Crippen MR) is 91.3 cm³/mol. The maximum absolute atomic E-state index is 13.1. The summed E-state index contributed by atoms with van der Waals surface area (Å²) < 4.78 is 45.3. The lowest BCUT2D eigenvalue weighted by Gasteiger charge is -2.28. The lowest BCUT2D eigenvalue weighted by atomic mass is 9.86. The summed E-state index contributed by atoms with van der Waals surface area (Å²) in [7, 11) is 0. The van der Waals surface area contributed by atoms with E-state index in [1.165, 1.54) is 18.5 Å². The van der Waals surface area contributed by atoms with Gasteiger partial charge in [-0.1, -0.05) is 25.9 Å². The summed E-state index contributed by atoms with van der Waals surface area (Å²) in [6, 6.07) is 2.31. The van der Waals surface area contributed by atoms with E-state index in [4.69, 9.17) is 4.52 Å². The minimum absolute atomic E-state index is 0.0272. The minimum atomic E-state index is -4.69. The van der Waals surface area contributed by atoms with E-state index in [-0.39, 0.29) is 23.2 Å². The molecule has 152 valence electrons. The Kier molecular flexibility index (Phi) is 4.20. The molecule has 29 heavy (non-hydrogen) atoms. The van der Waals surface area contributed by atoms with Gasteiger partial charge in [-0.3, -0.25) is 5.10 Å². The highest BCUT2D eigenvalue weighted by atomic mass is 19.4. The largest absolute Gasteiger partial charge is 0.453 e. The van der Waals surface area contributed by atoms with Gasteiger partial charge < -0.3 is 9.84 Å². The standard InChI is InChI=1S/C15H15F3N10O/c1-14(2,3)9(12-22-11(27-29-12)10-19-6-20-24-10)21-7-4-5-8-23-25-13(15(16,17)18)28(8)26-7/h4-6,9H,1-3H3,(H,21,26)(H,19,20,24)/t9-/m1/s1. The van der Waals surface area contributed by atoms with Crippen LogP contribution in [0.1, 0.15) is 38.5 Å². The molecular weight excluding hydrogens is 393 g/mol. The highest BCUT2D eigenvalue weighted by molar-refractivity contribution is 5.46. The SMILES string of the molecule is CC(C)(C)[C@H](Nc1ccc2nnc(C(F)(F)F)n2n1)c1nc(-c2ncn[nH]2)no1. The van der Waals surface area contributed by atoms with Crippen molar-refractivity contribution in [1.29, 1.82) is 0 Å². The van der Waals surface area contributed by atoms with Crippen molar-refractivity contribution in [2.45, 2.75) is 33.0 Å². The summed E-state index contributed by atoms with van der Waals surface area (Å²) in [5.74, 6) is -0.316. The fraction of sp³-hybridized carbons (Fsp3) is 0.400. The zero-order valence-electron chi connectivity index (χ0n) is 15.4. The summed E-state index contributed by atoms with van der Waals surface area (Å²) in [5.41, 5.74) is -0.484. The third-order valence-electron chi connectivity index (χ3n) is 3.99. The monoisotopic (exact) mass is 408 g/mol. The van der Waals surface area contributed by atoms with E-state index in [0.29, 0.717) is 10.3 Å². The third-order valence-corrected chi connectivity index (χ3v) is 3.99. The fourth-order valence-electron chi connectivity index (χ4n) is 2.60. The molecule has 1 atom stereocenters. The molecule has 0 radical (unpaired) electrons. The van der Waals surface area contributed by atoms with Crippen molar-refractivity contribution in [3.05, 3.63) is 30.2 Å². The number of aromatic nitrogens is 9. The van der Waals surface area contributed by atoms with Crippen LogP contribution in [0.25, 0.3) is 17.3 Å². The molecule has 4 rings (SSSR count). The molecule has 11 nitrogen and oxygen atoms in total. The first kappa shape index (κ1) is 18.8. The molecule has 0 unspecified atom stereocenters. The number of anilines is 1. The Morgan fingerprint density at radius 1 is 1.17 bits per heavy atom. The molecule has 0 saturated carbocycles. The zero-order valence-corrected chi connectivity index (χ0v) is 15.4. The molecule has 0 fully saturated rings. The fourth-order valence-corrected chi connectivity index (χ4v) is 2.60. The van der Waals surface area contributed by atoms with E-state index in [2.05, 4.69) is 45.9 Å². The second kappa shape index (κ2) is 6.49. The maximum Gasteiger partial charge on any atom is 0.453 e. The second-order valence-electron chi connectivity index (χ2n) is 7.24. The molecule has 14 heteroatoms. The number of nitrogens with one attached hydrogen (secondary N) is 2. The minimum Gasteiger partial charge on any atom is -0.357 e. The average Bonchev–Trinajstić information content (AvgIpc) is 3.36. The topological polar surface area (TPSA) is 136 Å². The van der Waals surface area contributed by atoms with Crippen LogP contribution in [0.5, 0.6) is 0 Å². The van der Waals surface area contributed by atoms with Gasteiger partial charge in [-0.15, -0.1) is 15.3 Å². The van der Waals surface area contributed by atoms with Gasteiger partial charge in [0.25, 0.3) is 5.82 Å². The highest BCUT2D eigenvalue weighted by Gasteiger charge is 2.38. The van der Waals surface area contributed by atoms with Crippen LogP contribution in [0, 0.1) is 5.41 Å². The molecule has 0 aliphatic rings. The first-order valence-electron chi connectivity index (χ1n) is 8.38. The van der Waals surface area contributed by atoms with Crippen molar-refractivity contribution in [2.24, 2.45) is 5.41 Å². The number of H-pyrrole nitrogens is 1. The number of rotatable bonds is 4. The van der Waals surface area contributed by atoms with Gasteiger partial charge in [0.15, 0.2) is 11.5 Å². The summed E-state index contributed by atoms with van der Waals surface area (Å²) in [5, 5.41) is 23.9. The zero-order chi connectivity index (χ0) is 20.8. The summed E-state index contributed by atoms with van der Waals surface area (Å²) >= 11 is 0. The van der Waals surface area contributed by atoms with E-state index in [0.717, 1.165) is 0 Å². The Morgan fingerprint density at radius 3 is 2.62 bits per heavy atom. The number of alkyl halides is 3. The van der Waals surface area contributed by atoms with Crippen LogP contribution in [0.2, 0.25) is 0 Å². The van der Waals surface area contributed by atoms with Gasteiger partial charge in [-0.05, 0) is 17.5 Å². The quantitative estimate of drug-likeness (QED) is 0.522. The number of hydrogen-bond donors (Lipinski definition) is 2. The Balaban J connectivity index is 1.69. The van der Waals surface area contributed by atoms with E-state index in [1.807, 2.05) is 20.8 Å². The van der Waals surface area contributed by atoms with Gasteiger partial charge in [0.1, 0.15) is 18.2 Å². The van der Waals surface area contributed by atoms with Crippen LogP contribution >= 0.6 is 0 Å². The van der Waals surface area contributed by atoms with E-state index < -0.39 is 23.5 Å². The third kappa shape index (κ3) is 3.60. The molecule has 0 aliphatic carbocycles. The number of nitrogens with zero attached hydrogens (tertiary/aromatic N) is 8. The normalized spacial score (nSPS) is 13.7. The number of fused-ring (bicyclic) bond motifs is 1. The number of halogens is 3. The summed E-state index contributed by atoms with van der Waals surface area (Å²) in [6.45, 7) is 5.71. The van der Waals surface area contributed by atoms with Crippen molar-refractivity contribution >= 4 is 11.5 Å². The van der Waals surface area contributed by atoms with Crippen molar-refractivity contribution < 1.29 is 17.7 Å². The molecule has 4 aromatic heterocycles. The first-order valence-corrected chi connectivity index (χ1v) is 8.38. The van der Waals surface area contributed by atoms with Gasteiger partial charge in [-0.25, -0.2) is 4.98 Å². The van der Waals surface area contributed by atoms with E-state index in [9.17, 15) is 13.2 Å². The molecule has 0 aliphatic heterocycles. The van der Waals surface area contributed by atoms with Gasteiger partial charge in [0, 0.05) is 0 Å². The van der Waals surface area contributed by atoms with Crippen molar-refractivity contribution in [3.8, 4) is 11.6 Å². The van der Waals surface area contributed by atoms with Crippen LogP contribution in [0.4, 0.5) is 19.0 Å². The molecule has 0 amide bonds. The molecule has 0 aromatic carbocycles. The van der Waals surface area contributed by atoms with E-state index in [1.54, 1.807) is 0 Å². The molecule has 0 bridgehead atoms. The maximum atomic E-state index is 13.1. The van der Waals surface area contributed by atoms with Crippen LogP contribution < -0.4 is 5.32 Å². The Hall–Kier alpha value is -3.58. The lowest BCUT2D eigenvalue weighted by molar-refractivity contribution is -0.146. The van der Waals surface area contributed by atoms with Crippen LogP contribution in [0.3, 0.4) is 0 Å². The molecule has 4 heterocycles. The number of hydrogen-bond acceptors (Lipinski definition) is 9. The predicted octanol–water partition coefficient (Wildman–Crippen LogP) is 2.51. The van der Waals surface area contributed by atoms with Gasteiger partial charge >= 0.3 is 6.18 Å². The van der Waals surface area contributed by atoms with Crippen molar-refractivity contribution in [2.75, 3.05) is 5.32 Å². The van der Waals surface area contributed by atoms with Crippen LogP contribution in [-0.2, 0) is 6.18 Å². The molecule has 0 saturated heterocycles. The summed E-state index contributed by atoms with van der Waals surface area (Å²) in [4.78, 5) is 8.27. The van der Waals surface area contributed by atoms with Gasteiger partial charge in [-0.2, -0.15) is 27.8 Å². The Morgan fingerprint density at radius 2 is 1.97 bits per heavy atom. The Bertz CT molecular complexity index is 1130. The molecule has 4 aromatic rings. The molecule has 2 N–H and O–H groups in total. The van der Waals surface area contributed by atoms with Crippen LogP contribution in [0.15, 0.2) is 23.0 Å². The van der Waals surface area contributed by atoms with E-state index >= 15 is 0 Å². The second-order valence-corrected chi connectivity index (χ2v) is 7.24. The molecule has 0 spiro atoms. The summed E-state index contributed by atoms with van der Waals surface area (Å²) in [6.07, 6.45) is -3.38. The highest BCUT2D eigenvalue weighted by Crippen LogP contribution is 2.35. The Labute approximate surface area is 160 Å². The molecular formula is C15H15F3N10O. The smallest absolute Gasteiger partial charge is 0.357 e.